The van der Waals surface area contributed by atoms with Crippen molar-refractivity contribution in [3.8, 4) is 5.75 Å². The van der Waals surface area contributed by atoms with Crippen LogP contribution in [0.2, 0.25) is 0 Å². The molecular weight excluding hydrogens is 527 g/mol. The molecule has 2 atom stereocenters. The number of benzene rings is 2. The van der Waals surface area contributed by atoms with Crippen LogP contribution in [0.3, 0.4) is 0 Å². The molecule has 2 unspecified atom stereocenters. The van der Waals surface area contributed by atoms with Gasteiger partial charge in [0.05, 0.1) is 12.6 Å². The fourth-order valence-corrected chi connectivity index (χ4v) is 4.57. The number of fused-ring (bicyclic) bond motifs is 1. The Hall–Kier alpha value is -2.62. The number of aryl methyl sites for hydroxylation is 1. The van der Waals surface area contributed by atoms with Gasteiger partial charge in [0, 0.05) is 38.0 Å². The molecule has 1 aromatic heterocycles. The Labute approximate surface area is 212 Å². The summed E-state index contributed by atoms with van der Waals surface area (Å²) in [5, 5.41) is 12.2. The van der Waals surface area contributed by atoms with Gasteiger partial charge in [-0.05, 0) is 25.0 Å². The second-order valence-corrected chi connectivity index (χ2v) is 8.58. The lowest BCUT2D eigenvalue weighted by Crippen LogP contribution is -2.43. The zero-order valence-corrected chi connectivity index (χ0v) is 21.5. The first kappa shape index (κ1) is 23.5. The van der Waals surface area contributed by atoms with E-state index in [1.165, 1.54) is 11.1 Å². The molecule has 0 aliphatic carbocycles. The number of aliphatic imine (C=N–C) groups is 1. The van der Waals surface area contributed by atoms with E-state index in [0.717, 1.165) is 49.3 Å². The molecule has 0 saturated carbocycles. The number of guanidine groups is 1. The van der Waals surface area contributed by atoms with E-state index < -0.39 is 0 Å². The van der Waals surface area contributed by atoms with Crippen molar-refractivity contribution in [3.63, 3.8) is 0 Å². The average molecular weight is 558 g/mol. The summed E-state index contributed by atoms with van der Waals surface area (Å²) in [6, 6.07) is 19.3. The summed E-state index contributed by atoms with van der Waals surface area (Å²) in [4.78, 5) is 7.40. The van der Waals surface area contributed by atoms with Crippen molar-refractivity contribution in [2.45, 2.75) is 38.3 Å². The van der Waals surface area contributed by atoms with Crippen molar-refractivity contribution >= 4 is 29.9 Å². The summed E-state index contributed by atoms with van der Waals surface area (Å²) in [6.45, 7) is 5.10. The van der Waals surface area contributed by atoms with Crippen LogP contribution in [-0.2, 0) is 13.6 Å². The highest BCUT2D eigenvalue weighted by molar-refractivity contribution is 14.0. The lowest BCUT2D eigenvalue weighted by molar-refractivity contribution is 0.259. The zero-order valence-electron chi connectivity index (χ0n) is 19.1. The van der Waals surface area contributed by atoms with E-state index in [1.807, 2.05) is 30.7 Å². The van der Waals surface area contributed by atoms with Gasteiger partial charge in [-0.2, -0.15) is 0 Å². The Kier molecular flexibility index (Phi) is 7.52. The van der Waals surface area contributed by atoms with Gasteiger partial charge < -0.3 is 19.5 Å². The van der Waals surface area contributed by atoms with Gasteiger partial charge in [-0.15, -0.1) is 34.2 Å². The second-order valence-electron chi connectivity index (χ2n) is 8.58. The van der Waals surface area contributed by atoms with Gasteiger partial charge in [-0.3, -0.25) is 0 Å². The molecule has 5 rings (SSSR count). The SMILES string of the molecule is Cc1nnc(CN=C(NC2CCOc3ccccc32)N2CCC(c3ccccc3)C2)n1C.I. The quantitative estimate of drug-likeness (QED) is 0.296. The van der Waals surface area contributed by atoms with Crippen LogP contribution < -0.4 is 10.1 Å². The van der Waals surface area contributed by atoms with E-state index in [2.05, 4.69) is 62.9 Å². The third kappa shape index (κ3) is 5.15. The summed E-state index contributed by atoms with van der Waals surface area (Å²) >= 11 is 0. The highest BCUT2D eigenvalue weighted by Gasteiger charge is 2.29. The van der Waals surface area contributed by atoms with Crippen molar-refractivity contribution in [2.24, 2.45) is 12.0 Å². The number of para-hydroxylation sites is 1. The Bertz CT molecular complexity index is 1100. The number of aromatic nitrogens is 3. The molecule has 1 fully saturated rings. The Morgan fingerprint density at radius 2 is 1.88 bits per heavy atom. The number of hydrogen-bond acceptors (Lipinski definition) is 4. The molecule has 0 amide bonds. The van der Waals surface area contributed by atoms with Gasteiger partial charge in [-0.1, -0.05) is 48.5 Å². The summed E-state index contributed by atoms with van der Waals surface area (Å²) in [6.07, 6.45) is 2.03. The molecule has 0 radical (unpaired) electrons. The molecule has 7 nitrogen and oxygen atoms in total. The van der Waals surface area contributed by atoms with E-state index in [4.69, 9.17) is 9.73 Å². The van der Waals surface area contributed by atoms with Crippen LogP contribution in [0.5, 0.6) is 5.75 Å². The molecule has 1 saturated heterocycles. The monoisotopic (exact) mass is 558 g/mol. The molecule has 2 aromatic carbocycles. The summed E-state index contributed by atoms with van der Waals surface area (Å²) in [7, 11) is 1.99. The topological polar surface area (TPSA) is 67.6 Å². The molecule has 0 spiro atoms. The van der Waals surface area contributed by atoms with Crippen molar-refractivity contribution in [3.05, 3.63) is 77.4 Å². The van der Waals surface area contributed by atoms with Gasteiger partial charge in [0.1, 0.15) is 18.1 Å². The van der Waals surface area contributed by atoms with Gasteiger partial charge in [0.2, 0.25) is 0 Å². The first-order chi connectivity index (χ1) is 15.7. The molecule has 0 bridgehead atoms. The van der Waals surface area contributed by atoms with Crippen LogP contribution in [0.1, 0.15) is 47.6 Å². The Morgan fingerprint density at radius 1 is 1.09 bits per heavy atom. The number of halogens is 1. The number of nitrogens with one attached hydrogen (secondary N) is 1. The van der Waals surface area contributed by atoms with Crippen molar-refractivity contribution in [1.29, 1.82) is 0 Å². The van der Waals surface area contributed by atoms with Crippen LogP contribution in [0.15, 0.2) is 59.6 Å². The lowest BCUT2D eigenvalue weighted by Gasteiger charge is -2.31. The smallest absolute Gasteiger partial charge is 0.194 e. The first-order valence-corrected chi connectivity index (χ1v) is 11.4. The van der Waals surface area contributed by atoms with Gasteiger partial charge in [0.25, 0.3) is 0 Å². The molecule has 2 aliphatic heterocycles. The van der Waals surface area contributed by atoms with Crippen LogP contribution in [0.4, 0.5) is 0 Å². The van der Waals surface area contributed by atoms with Crippen LogP contribution in [-0.4, -0.2) is 45.3 Å². The second kappa shape index (κ2) is 10.5. The highest BCUT2D eigenvalue weighted by Crippen LogP contribution is 2.32. The van der Waals surface area contributed by atoms with E-state index in [-0.39, 0.29) is 30.0 Å². The van der Waals surface area contributed by atoms with E-state index in [1.54, 1.807) is 0 Å². The predicted molar refractivity (Wildman–Crippen MR) is 140 cm³/mol. The highest BCUT2D eigenvalue weighted by atomic mass is 127. The normalized spacial score (nSPS) is 20.1. The molecule has 3 aromatic rings. The Balaban J connectivity index is 0.00000259. The van der Waals surface area contributed by atoms with Crippen LogP contribution in [0, 0.1) is 6.92 Å². The minimum absolute atomic E-state index is 0. The summed E-state index contributed by atoms with van der Waals surface area (Å²) in [5.74, 6) is 4.18. The number of rotatable bonds is 4. The molecule has 8 heteroatoms. The van der Waals surface area contributed by atoms with E-state index >= 15 is 0 Å². The van der Waals surface area contributed by atoms with Crippen LogP contribution >= 0.6 is 24.0 Å². The average Bonchev–Trinajstić information content (AvgIpc) is 3.45. The van der Waals surface area contributed by atoms with Gasteiger partial charge >= 0.3 is 0 Å². The zero-order chi connectivity index (χ0) is 21.9. The molecule has 174 valence electrons. The molecule has 3 heterocycles. The lowest BCUT2D eigenvalue weighted by atomic mass is 9.99. The maximum absolute atomic E-state index is 5.87. The number of hydrogen-bond donors (Lipinski definition) is 1. The fourth-order valence-electron chi connectivity index (χ4n) is 4.57. The minimum atomic E-state index is 0. The molecular formula is C25H31IN6O. The van der Waals surface area contributed by atoms with E-state index in [9.17, 15) is 0 Å². The third-order valence-corrected chi connectivity index (χ3v) is 6.57. The standard InChI is InChI=1S/C25H30N6O.HI/c1-18-28-29-24(30(18)2)16-26-25(27-22-13-15-32-23-11-7-6-10-21(22)23)31-14-12-20(17-31)19-8-4-3-5-9-19;/h3-11,20,22H,12-17H2,1-2H3,(H,26,27);1H. The number of likely N-dealkylation sites (tertiary alicyclic amines) is 1. The minimum Gasteiger partial charge on any atom is -0.493 e. The maximum Gasteiger partial charge on any atom is 0.194 e. The van der Waals surface area contributed by atoms with Gasteiger partial charge in [-0.25, -0.2) is 4.99 Å². The fraction of sp³-hybridized carbons (Fsp3) is 0.400. The third-order valence-electron chi connectivity index (χ3n) is 6.57. The first-order valence-electron chi connectivity index (χ1n) is 11.4. The van der Waals surface area contributed by atoms with Gasteiger partial charge in [0.15, 0.2) is 11.8 Å². The molecule has 2 aliphatic rings. The van der Waals surface area contributed by atoms with Crippen molar-refractivity contribution in [1.82, 2.24) is 25.0 Å². The summed E-state index contributed by atoms with van der Waals surface area (Å²) in [5.41, 5.74) is 2.59. The largest absolute Gasteiger partial charge is 0.493 e. The molecule has 1 N–H and O–H groups in total. The number of nitrogens with zero attached hydrogens (tertiary/aromatic N) is 5. The van der Waals surface area contributed by atoms with Crippen molar-refractivity contribution < 1.29 is 4.74 Å². The summed E-state index contributed by atoms with van der Waals surface area (Å²) < 4.78 is 7.87. The van der Waals surface area contributed by atoms with Crippen molar-refractivity contribution in [2.75, 3.05) is 19.7 Å². The Morgan fingerprint density at radius 3 is 2.67 bits per heavy atom. The molecule has 33 heavy (non-hydrogen) atoms. The number of ether oxygens (including phenoxy) is 1. The van der Waals surface area contributed by atoms with Crippen LogP contribution in [0.25, 0.3) is 0 Å². The predicted octanol–water partition coefficient (Wildman–Crippen LogP) is 4.20. The maximum atomic E-state index is 5.87. The van der Waals surface area contributed by atoms with E-state index in [0.29, 0.717) is 19.1 Å².